The lowest BCUT2D eigenvalue weighted by molar-refractivity contribution is 0.477. The summed E-state index contributed by atoms with van der Waals surface area (Å²) in [6.45, 7) is 2.07. The van der Waals surface area contributed by atoms with Gasteiger partial charge in [0.15, 0.2) is 11.4 Å². The molecule has 0 aliphatic carbocycles. The minimum atomic E-state index is 0.168. The Kier molecular flexibility index (Phi) is 2.04. The second-order valence-corrected chi connectivity index (χ2v) is 3.28. The summed E-state index contributed by atoms with van der Waals surface area (Å²) < 4.78 is 1.71. The summed E-state index contributed by atoms with van der Waals surface area (Å²) in [7, 11) is 0. The molecule has 0 saturated heterocycles. The zero-order valence-electron chi connectivity index (χ0n) is 8.07. The molecule has 3 N–H and O–H groups in total. The van der Waals surface area contributed by atoms with Crippen LogP contribution in [0.15, 0.2) is 18.3 Å². The van der Waals surface area contributed by atoms with Crippen molar-refractivity contribution in [3.63, 3.8) is 0 Å². The molecule has 0 spiro atoms. The Morgan fingerprint density at radius 3 is 3.00 bits per heavy atom. The van der Waals surface area contributed by atoms with Crippen LogP contribution in [-0.2, 0) is 6.42 Å². The first kappa shape index (κ1) is 8.87. The molecule has 0 amide bonds. The first-order valence-electron chi connectivity index (χ1n) is 4.68. The molecule has 0 radical (unpaired) electrons. The second-order valence-electron chi connectivity index (χ2n) is 3.28. The molecule has 0 aliphatic heterocycles. The van der Waals surface area contributed by atoms with Gasteiger partial charge in [-0.25, -0.2) is 4.98 Å². The van der Waals surface area contributed by atoms with Gasteiger partial charge in [0.25, 0.3) is 0 Å². The number of fused-ring (bicyclic) bond motifs is 1. The molecule has 0 bridgehead atoms. The molecule has 0 aliphatic rings. The number of aromatic nitrogens is 2. The van der Waals surface area contributed by atoms with E-state index in [0.717, 1.165) is 18.5 Å². The molecule has 0 saturated carbocycles. The summed E-state index contributed by atoms with van der Waals surface area (Å²) in [5.74, 6) is 0.791. The van der Waals surface area contributed by atoms with Crippen molar-refractivity contribution in [2.24, 2.45) is 0 Å². The number of rotatable bonds is 2. The number of pyridine rings is 1. The van der Waals surface area contributed by atoms with E-state index in [2.05, 4.69) is 11.9 Å². The average Bonchev–Trinajstić information content (AvgIpc) is 2.48. The number of hydrogen-bond donors (Lipinski definition) is 2. The minimum absolute atomic E-state index is 0.168. The van der Waals surface area contributed by atoms with Crippen LogP contribution in [0.25, 0.3) is 5.65 Å². The van der Waals surface area contributed by atoms with Crippen LogP contribution in [0.3, 0.4) is 0 Å². The van der Waals surface area contributed by atoms with Crippen molar-refractivity contribution >= 4 is 11.5 Å². The predicted molar refractivity (Wildman–Crippen MR) is 55.3 cm³/mol. The third-order valence-electron chi connectivity index (χ3n) is 2.23. The molecular weight excluding hydrogens is 178 g/mol. The Labute approximate surface area is 82.0 Å². The fourth-order valence-corrected chi connectivity index (χ4v) is 1.54. The predicted octanol–water partition coefficient (Wildman–Crippen LogP) is 1.57. The molecule has 14 heavy (non-hydrogen) atoms. The molecule has 4 nitrogen and oxygen atoms in total. The van der Waals surface area contributed by atoms with E-state index in [-0.39, 0.29) is 5.75 Å². The van der Waals surface area contributed by atoms with Crippen LogP contribution in [0.2, 0.25) is 0 Å². The number of aromatic hydroxyl groups is 1. The fraction of sp³-hybridized carbons (Fsp3) is 0.300. The van der Waals surface area contributed by atoms with Crippen molar-refractivity contribution in [2.75, 3.05) is 5.73 Å². The van der Waals surface area contributed by atoms with Crippen molar-refractivity contribution in [3.05, 3.63) is 24.0 Å². The molecule has 2 aromatic rings. The molecule has 4 heteroatoms. The Balaban J connectivity index is 2.67. The van der Waals surface area contributed by atoms with Crippen molar-refractivity contribution < 1.29 is 5.11 Å². The monoisotopic (exact) mass is 191 g/mol. The lowest BCUT2D eigenvalue weighted by Crippen LogP contribution is -1.95. The van der Waals surface area contributed by atoms with E-state index in [1.807, 2.05) is 0 Å². The van der Waals surface area contributed by atoms with Gasteiger partial charge in [0.2, 0.25) is 0 Å². The van der Waals surface area contributed by atoms with E-state index in [9.17, 15) is 5.11 Å². The third-order valence-corrected chi connectivity index (χ3v) is 2.23. The number of nitrogens with two attached hydrogens (primary N) is 1. The van der Waals surface area contributed by atoms with E-state index < -0.39 is 0 Å². The van der Waals surface area contributed by atoms with Gasteiger partial charge in [0.05, 0.1) is 5.69 Å². The third kappa shape index (κ3) is 1.19. The summed E-state index contributed by atoms with van der Waals surface area (Å²) in [6, 6.07) is 3.35. The van der Waals surface area contributed by atoms with Gasteiger partial charge in [-0.1, -0.05) is 13.3 Å². The highest BCUT2D eigenvalue weighted by atomic mass is 16.3. The van der Waals surface area contributed by atoms with Gasteiger partial charge in [-0.3, -0.25) is 4.40 Å². The lowest BCUT2D eigenvalue weighted by atomic mass is 10.2. The van der Waals surface area contributed by atoms with E-state index in [1.165, 1.54) is 0 Å². The Bertz CT molecular complexity index is 462. The van der Waals surface area contributed by atoms with Gasteiger partial charge >= 0.3 is 0 Å². The summed E-state index contributed by atoms with van der Waals surface area (Å²) in [4.78, 5) is 4.29. The van der Waals surface area contributed by atoms with Gasteiger partial charge in [-0.05, 0) is 18.6 Å². The largest absolute Gasteiger partial charge is 0.504 e. The van der Waals surface area contributed by atoms with Crippen LogP contribution < -0.4 is 5.73 Å². The molecule has 0 unspecified atom stereocenters. The Morgan fingerprint density at radius 1 is 1.57 bits per heavy atom. The number of nitrogens with zero attached hydrogens (tertiary/aromatic N) is 2. The normalized spacial score (nSPS) is 10.9. The molecule has 0 fully saturated rings. The number of aryl methyl sites for hydroxylation is 1. The number of imidazole rings is 1. The van der Waals surface area contributed by atoms with Crippen LogP contribution in [-0.4, -0.2) is 14.5 Å². The zero-order valence-corrected chi connectivity index (χ0v) is 8.07. The van der Waals surface area contributed by atoms with Gasteiger partial charge in [0.1, 0.15) is 5.82 Å². The quantitative estimate of drug-likeness (QED) is 0.757. The van der Waals surface area contributed by atoms with E-state index in [1.54, 1.807) is 22.7 Å². The molecule has 0 aromatic carbocycles. The fourth-order valence-electron chi connectivity index (χ4n) is 1.54. The summed E-state index contributed by atoms with van der Waals surface area (Å²) >= 11 is 0. The van der Waals surface area contributed by atoms with Crippen LogP contribution in [0.4, 0.5) is 5.82 Å². The molecule has 2 heterocycles. The first-order valence-corrected chi connectivity index (χ1v) is 4.68. The Morgan fingerprint density at radius 2 is 2.36 bits per heavy atom. The zero-order chi connectivity index (χ0) is 10.1. The number of anilines is 1. The summed E-state index contributed by atoms with van der Waals surface area (Å²) in [5.41, 5.74) is 7.27. The van der Waals surface area contributed by atoms with Crippen molar-refractivity contribution in [1.82, 2.24) is 9.38 Å². The highest BCUT2D eigenvalue weighted by Gasteiger charge is 2.10. The summed E-state index contributed by atoms with van der Waals surface area (Å²) in [6.07, 6.45) is 3.64. The minimum Gasteiger partial charge on any atom is -0.504 e. The van der Waals surface area contributed by atoms with E-state index >= 15 is 0 Å². The van der Waals surface area contributed by atoms with E-state index in [4.69, 9.17) is 5.73 Å². The van der Waals surface area contributed by atoms with Gasteiger partial charge < -0.3 is 10.8 Å². The van der Waals surface area contributed by atoms with Crippen LogP contribution >= 0.6 is 0 Å². The lowest BCUT2D eigenvalue weighted by Gasteiger charge is -1.97. The number of hydrogen-bond acceptors (Lipinski definition) is 3. The Hall–Kier alpha value is -1.71. The highest BCUT2D eigenvalue weighted by molar-refractivity contribution is 5.60. The van der Waals surface area contributed by atoms with E-state index in [0.29, 0.717) is 11.5 Å². The molecule has 2 aromatic heterocycles. The molecule has 2 rings (SSSR count). The van der Waals surface area contributed by atoms with Crippen molar-refractivity contribution in [2.45, 2.75) is 19.8 Å². The highest BCUT2D eigenvalue weighted by Crippen LogP contribution is 2.22. The summed E-state index contributed by atoms with van der Waals surface area (Å²) in [5, 5.41) is 9.54. The van der Waals surface area contributed by atoms with Gasteiger partial charge in [0, 0.05) is 6.20 Å². The smallest absolute Gasteiger partial charge is 0.181 e. The number of nitrogen functional groups attached to an aromatic ring is 1. The molecule has 0 atom stereocenters. The van der Waals surface area contributed by atoms with Crippen LogP contribution in [0.5, 0.6) is 5.75 Å². The maximum Gasteiger partial charge on any atom is 0.181 e. The van der Waals surface area contributed by atoms with Crippen LogP contribution in [0.1, 0.15) is 19.0 Å². The van der Waals surface area contributed by atoms with Crippen molar-refractivity contribution in [3.8, 4) is 5.75 Å². The first-order chi connectivity index (χ1) is 6.74. The molecular formula is C10H13N3O. The standard InChI is InChI=1S/C10H13N3O/c1-2-4-7-9(11)13-6-3-5-8(14)10(13)12-7/h3,5-6,14H,2,4,11H2,1H3. The SMILES string of the molecule is CCCc1nc2c(O)cccn2c1N. The van der Waals surface area contributed by atoms with Gasteiger partial charge in [-0.15, -0.1) is 0 Å². The maximum absolute atomic E-state index is 9.54. The van der Waals surface area contributed by atoms with Gasteiger partial charge in [-0.2, -0.15) is 0 Å². The topological polar surface area (TPSA) is 63.5 Å². The van der Waals surface area contributed by atoms with Crippen molar-refractivity contribution in [1.29, 1.82) is 0 Å². The second kappa shape index (κ2) is 3.21. The average molecular weight is 191 g/mol. The maximum atomic E-state index is 9.54. The van der Waals surface area contributed by atoms with Crippen LogP contribution in [0, 0.1) is 0 Å². The molecule has 74 valence electrons.